The van der Waals surface area contributed by atoms with Crippen molar-refractivity contribution in [2.75, 3.05) is 32.8 Å². The molecular weight excluding hydrogens is 440 g/mol. The smallest absolute Gasteiger partial charge is 0.295 e. The molecule has 0 bridgehead atoms. The molecule has 6 nitrogen and oxygen atoms in total. The molecule has 1 heterocycles. The summed E-state index contributed by atoms with van der Waals surface area (Å²) < 4.78 is 5.62. The Labute approximate surface area is 209 Å². The summed E-state index contributed by atoms with van der Waals surface area (Å²) in [6.07, 6.45) is 0. The minimum atomic E-state index is -0.647. The normalized spacial score (nSPS) is 17.6. The van der Waals surface area contributed by atoms with Crippen LogP contribution in [0, 0.1) is 6.92 Å². The fourth-order valence-electron chi connectivity index (χ4n) is 4.58. The first-order chi connectivity index (χ1) is 16.7. The van der Waals surface area contributed by atoms with Gasteiger partial charge in [0, 0.05) is 18.7 Å². The molecule has 2 aromatic carbocycles. The Morgan fingerprint density at radius 2 is 1.71 bits per heavy atom. The molecule has 1 fully saturated rings. The van der Waals surface area contributed by atoms with Gasteiger partial charge >= 0.3 is 0 Å². The Bertz CT molecular complexity index is 1080. The number of hydrogen-bond acceptors (Lipinski definition) is 5. The van der Waals surface area contributed by atoms with Gasteiger partial charge in [0.2, 0.25) is 0 Å². The summed E-state index contributed by atoms with van der Waals surface area (Å²) in [5.41, 5.74) is 3.48. The lowest BCUT2D eigenvalue weighted by molar-refractivity contribution is -0.140. The summed E-state index contributed by atoms with van der Waals surface area (Å²) in [4.78, 5) is 30.3. The van der Waals surface area contributed by atoms with Crippen molar-refractivity contribution in [1.82, 2.24) is 9.80 Å². The molecule has 0 aromatic heterocycles. The number of aryl methyl sites for hydroxylation is 1. The first kappa shape index (κ1) is 26.5. The summed E-state index contributed by atoms with van der Waals surface area (Å²) in [5.74, 6) is -0.280. The van der Waals surface area contributed by atoms with Gasteiger partial charge in [-0.3, -0.25) is 9.59 Å². The highest BCUT2D eigenvalue weighted by Gasteiger charge is 2.46. The second-order valence-electron chi connectivity index (χ2n) is 9.25. The van der Waals surface area contributed by atoms with E-state index in [1.165, 1.54) is 5.56 Å². The van der Waals surface area contributed by atoms with Crippen molar-refractivity contribution in [2.24, 2.45) is 0 Å². The highest BCUT2D eigenvalue weighted by Crippen LogP contribution is 2.40. The fourth-order valence-corrected chi connectivity index (χ4v) is 4.58. The number of nitrogens with zero attached hydrogens (tertiary/aromatic N) is 2. The van der Waals surface area contributed by atoms with E-state index in [1.807, 2.05) is 38.1 Å². The van der Waals surface area contributed by atoms with Crippen molar-refractivity contribution in [3.05, 3.63) is 70.3 Å². The predicted molar refractivity (Wildman–Crippen MR) is 140 cm³/mol. The van der Waals surface area contributed by atoms with Gasteiger partial charge in [0.25, 0.3) is 11.7 Å². The second-order valence-corrected chi connectivity index (χ2v) is 9.25. The number of likely N-dealkylation sites (N-methyl/N-ethyl adjacent to an activating group) is 1. The molecule has 1 aliphatic rings. The first-order valence-corrected chi connectivity index (χ1v) is 12.6. The van der Waals surface area contributed by atoms with Gasteiger partial charge in [0.1, 0.15) is 11.5 Å². The molecule has 188 valence electrons. The van der Waals surface area contributed by atoms with E-state index in [9.17, 15) is 14.7 Å². The molecule has 0 aliphatic carbocycles. The van der Waals surface area contributed by atoms with E-state index in [0.717, 1.165) is 30.0 Å². The molecule has 2 aromatic rings. The minimum Gasteiger partial charge on any atom is -0.507 e. The average Bonchev–Trinajstić information content (AvgIpc) is 3.10. The molecule has 0 saturated carbocycles. The molecular formula is C29H38N2O4. The van der Waals surface area contributed by atoms with Crippen LogP contribution < -0.4 is 4.74 Å². The number of benzene rings is 2. The van der Waals surface area contributed by atoms with Crippen LogP contribution in [0.5, 0.6) is 5.75 Å². The number of aliphatic hydroxyl groups is 1. The summed E-state index contributed by atoms with van der Waals surface area (Å²) in [5, 5.41) is 11.3. The van der Waals surface area contributed by atoms with Crippen LogP contribution in [0.1, 0.15) is 68.8 Å². The van der Waals surface area contributed by atoms with Crippen LogP contribution in [0.15, 0.2) is 48.0 Å². The van der Waals surface area contributed by atoms with Gasteiger partial charge in [0.05, 0.1) is 18.2 Å². The summed E-state index contributed by atoms with van der Waals surface area (Å²) >= 11 is 0. The number of carbonyl (C=O) groups is 2. The maximum absolute atomic E-state index is 13.3. The third kappa shape index (κ3) is 5.59. The number of hydrogen-bond donors (Lipinski definition) is 1. The van der Waals surface area contributed by atoms with Gasteiger partial charge in [0.15, 0.2) is 0 Å². The lowest BCUT2D eigenvalue weighted by Gasteiger charge is -2.28. The van der Waals surface area contributed by atoms with Gasteiger partial charge in [-0.15, -0.1) is 0 Å². The van der Waals surface area contributed by atoms with Crippen LogP contribution in [-0.4, -0.2) is 59.4 Å². The van der Waals surface area contributed by atoms with Gasteiger partial charge in [-0.25, -0.2) is 0 Å². The van der Waals surface area contributed by atoms with E-state index in [2.05, 4.69) is 32.6 Å². The maximum atomic E-state index is 13.3. The van der Waals surface area contributed by atoms with Crippen LogP contribution in [0.2, 0.25) is 0 Å². The van der Waals surface area contributed by atoms with Gasteiger partial charge in [-0.05, 0) is 67.7 Å². The first-order valence-electron chi connectivity index (χ1n) is 12.6. The zero-order valence-corrected chi connectivity index (χ0v) is 21.8. The van der Waals surface area contributed by atoms with Crippen molar-refractivity contribution in [3.8, 4) is 5.75 Å². The zero-order valence-electron chi connectivity index (χ0n) is 21.8. The van der Waals surface area contributed by atoms with Gasteiger partial charge in [-0.1, -0.05) is 52.0 Å². The minimum absolute atomic E-state index is 0.135. The lowest BCUT2D eigenvalue weighted by Crippen LogP contribution is -2.38. The van der Waals surface area contributed by atoms with E-state index in [4.69, 9.17) is 4.74 Å². The van der Waals surface area contributed by atoms with Crippen LogP contribution in [0.4, 0.5) is 0 Å². The predicted octanol–water partition coefficient (Wildman–Crippen LogP) is 5.28. The number of amides is 1. The van der Waals surface area contributed by atoms with Crippen LogP contribution >= 0.6 is 0 Å². The van der Waals surface area contributed by atoms with Crippen molar-refractivity contribution in [3.63, 3.8) is 0 Å². The number of likely N-dealkylation sites (tertiary alicyclic amines) is 1. The van der Waals surface area contributed by atoms with E-state index in [0.29, 0.717) is 31.2 Å². The standard InChI is InChI=1S/C29H38N2O4/c1-7-30(8-2)16-17-31-26(22-12-10-21(11-13-22)19(4)5)25(28(33)29(31)34)27(32)23-14-15-24(35-9-3)20(6)18-23/h10-15,18-19,26,32H,7-9,16-17H2,1-6H3/b27-25-. The average molecular weight is 479 g/mol. The molecule has 1 amide bonds. The fraction of sp³-hybridized carbons (Fsp3) is 0.448. The molecule has 35 heavy (non-hydrogen) atoms. The molecule has 1 atom stereocenters. The third-order valence-electron chi connectivity index (χ3n) is 6.76. The number of ether oxygens (including phenoxy) is 1. The molecule has 0 spiro atoms. The van der Waals surface area contributed by atoms with Crippen molar-refractivity contribution in [2.45, 2.75) is 53.5 Å². The van der Waals surface area contributed by atoms with Crippen LogP contribution in [0.3, 0.4) is 0 Å². The Morgan fingerprint density at radius 3 is 2.26 bits per heavy atom. The van der Waals surface area contributed by atoms with E-state index < -0.39 is 17.7 Å². The third-order valence-corrected chi connectivity index (χ3v) is 6.76. The number of ketones is 1. The lowest BCUT2D eigenvalue weighted by atomic mass is 9.93. The van der Waals surface area contributed by atoms with Gasteiger partial charge < -0.3 is 19.6 Å². The monoisotopic (exact) mass is 478 g/mol. The van der Waals surface area contributed by atoms with E-state index >= 15 is 0 Å². The number of rotatable bonds is 10. The Hall–Kier alpha value is -3.12. The molecule has 1 saturated heterocycles. The highest BCUT2D eigenvalue weighted by atomic mass is 16.5. The SMILES string of the molecule is CCOc1ccc(/C(O)=C2/C(=O)C(=O)N(CCN(CC)CC)C2c2ccc(C(C)C)cc2)cc1C. The van der Waals surface area contributed by atoms with Crippen molar-refractivity contribution >= 4 is 17.4 Å². The van der Waals surface area contributed by atoms with Crippen LogP contribution in [0.25, 0.3) is 5.76 Å². The van der Waals surface area contributed by atoms with E-state index in [1.54, 1.807) is 23.1 Å². The topological polar surface area (TPSA) is 70.1 Å². The number of carbonyl (C=O) groups excluding carboxylic acids is 2. The van der Waals surface area contributed by atoms with Crippen molar-refractivity contribution < 1.29 is 19.4 Å². The Balaban J connectivity index is 2.10. The second kappa shape index (κ2) is 11.5. The summed E-state index contributed by atoms with van der Waals surface area (Å²) in [6, 6.07) is 12.7. The Kier molecular flexibility index (Phi) is 8.73. The number of aliphatic hydroxyl groups excluding tert-OH is 1. The van der Waals surface area contributed by atoms with Crippen molar-refractivity contribution in [1.29, 1.82) is 0 Å². The molecule has 3 rings (SSSR count). The van der Waals surface area contributed by atoms with Crippen LogP contribution in [-0.2, 0) is 9.59 Å². The zero-order chi connectivity index (χ0) is 25.7. The van der Waals surface area contributed by atoms with E-state index in [-0.39, 0.29) is 11.3 Å². The molecule has 6 heteroatoms. The maximum Gasteiger partial charge on any atom is 0.295 e. The largest absolute Gasteiger partial charge is 0.507 e. The van der Waals surface area contributed by atoms with Gasteiger partial charge in [-0.2, -0.15) is 0 Å². The number of Topliss-reactive ketones (excluding diaryl/α,β-unsaturated/α-hetero) is 1. The summed E-state index contributed by atoms with van der Waals surface area (Å²) in [7, 11) is 0. The quantitative estimate of drug-likeness (QED) is 0.286. The molecule has 1 aliphatic heterocycles. The summed E-state index contributed by atoms with van der Waals surface area (Å²) in [6.45, 7) is 15.5. The molecule has 0 radical (unpaired) electrons. The molecule has 1 unspecified atom stereocenters. The Morgan fingerprint density at radius 1 is 1.06 bits per heavy atom. The highest BCUT2D eigenvalue weighted by molar-refractivity contribution is 6.46. The molecule has 1 N–H and O–H groups in total.